The number of piperidine rings is 1. The third-order valence-corrected chi connectivity index (χ3v) is 5.09. The minimum atomic E-state index is -0.153. The number of nitrogens with zero attached hydrogens (tertiary/aromatic N) is 2. The number of hydrogen-bond acceptors (Lipinski definition) is 4. The van der Waals surface area contributed by atoms with Crippen LogP contribution < -0.4 is 5.32 Å². The van der Waals surface area contributed by atoms with E-state index in [1.165, 1.54) is 0 Å². The van der Waals surface area contributed by atoms with Crippen molar-refractivity contribution in [1.82, 2.24) is 15.1 Å². The molecular formula is C16H31N3O2. The van der Waals surface area contributed by atoms with Crippen LogP contribution in [0.2, 0.25) is 0 Å². The molecule has 0 bridgehead atoms. The topological polar surface area (TPSA) is 44.8 Å². The van der Waals surface area contributed by atoms with Gasteiger partial charge in [-0.05, 0) is 38.8 Å². The van der Waals surface area contributed by atoms with E-state index in [0.717, 1.165) is 78.1 Å². The fraction of sp³-hybridized carbons (Fsp3) is 0.938. The summed E-state index contributed by atoms with van der Waals surface area (Å²) in [5.41, 5.74) is -0.153. The van der Waals surface area contributed by atoms with E-state index >= 15 is 0 Å². The predicted octanol–water partition coefficient (Wildman–Crippen LogP) is 0.947. The molecule has 1 amide bonds. The number of carbonyl (C=O) groups is 1. The van der Waals surface area contributed by atoms with Crippen molar-refractivity contribution >= 4 is 5.91 Å². The number of carbonyl (C=O) groups excluding carboxylic acids is 1. The first-order valence-electron chi connectivity index (χ1n) is 8.43. The van der Waals surface area contributed by atoms with Gasteiger partial charge in [-0.1, -0.05) is 6.92 Å². The Morgan fingerprint density at radius 3 is 2.76 bits per heavy atom. The van der Waals surface area contributed by atoms with Crippen LogP contribution in [0.25, 0.3) is 0 Å². The Balaban J connectivity index is 1.92. The van der Waals surface area contributed by atoms with Gasteiger partial charge in [0.2, 0.25) is 5.91 Å². The summed E-state index contributed by atoms with van der Waals surface area (Å²) >= 11 is 0. The molecule has 0 spiro atoms. The van der Waals surface area contributed by atoms with Crippen LogP contribution >= 0.6 is 0 Å². The van der Waals surface area contributed by atoms with Gasteiger partial charge in [0.05, 0.1) is 12.0 Å². The second kappa shape index (κ2) is 8.11. The number of rotatable bonds is 5. The lowest BCUT2D eigenvalue weighted by Gasteiger charge is -2.39. The smallest absolute Gasteiger partial charge is 0.230 e. The SMILES string of the molecule is CCC1(C(=O)N2CCCN(CCOC)CC2)CCCNC1. The second-order valence-electron chi connectivity index (χ2n) is 6.39. The molecule has 5 nitrogen and oxygen atoms in total. The van der Waals surface area contributed by atoms with Crippen LogP contribution in [0.1, 0.15) is 32.6 Å². The van der Waals surface area contributed by atoms with E-state index < -0.39 is 0 Å². The molecule has 0 aromatic carbocycles. The van der Waals surface area contributed by atoms with Gasteiger partial charge < -0.3 is 15.0 Å². The minimum Gasteiger partial charge on any atom is -0.383 e. The van der Waals surface area contributed by atoms with Crippen LogP contribution in [-0.4, -0.2) is 75.2 Å². The molecule has 122 valence electrons. The number of methoxy groups -OCH3 is 1. The Morgan fingerprint density at radius 2 is 2.10 bits per heavy atom. The van der Waals surface area contributed by atoms with Crippen LogP contribution in [0.3, 0.4) is 0 Å². The van der Waals surface area contributed by atoms with Crippen molar-refractivity contribution in [3.63, 3.8) is 0 Å². The summed E-state index contributed by atoms with van der Waals surface area (Å²) in [7, 11) is 1.74. The Labute approximate surface area is 129 Å². The molecule has 0 aliphatic carbocycles. The second-order valence-corrected chi connectivity index (χ2v) is 6.39. The average Bonchev–Trinajstić information content (AvgIpc) is 2.78. The van der Waals surface area contributed by atoms with E-state index in [0.29, 0.717) is 5.91 Å². The van der Waals surface area contributed by atoms with Gasteiger partial charge in [-0.25, -0.2) is 0 Å². The van der Waals surface area contributed by atoms with Crippen molar-refractivity contribution in [2.24, 2.45) is 5.41 Å². The Morgan fingerprint density at radius 1 is 1.24 bits per heavy atom. The average molecular weight is 297 g/mol. The Hall–Kier alpha value is -0.650. The molecule has 1 unspecified atom stereocenters. The van der Waals surface area contributed by atoms with Crippen molar-refractivity contribution in [2.45, 2.75) is 32.6 Å². The van der Waals surface area contributed by atoms with Crippen molar-refractivity contribution in [1.29, 1.82) is 0 Å². The van der Waals surface area contributed by atoms with E-state index in [1.54, 1.807) is 7.11 Å². The van der Waals surface area contributed by atoms with Gasteiger partial charge in [-0.2, -0.15) is 0 Å². The Kier molecular flexibility index (Phi) is 6.45. The summed E-state index contributed by atoms with van der Waals surface area (Å²) < 4.78 is 5.16. The molecule has 0 aromatic heterocycles. The molecule has 2 rings (SSSR count). The molecule has 21 heavy (non-hydrogen) atoms. The monoisotopic (exact) mass is 297 g/mol. The van der Waals surface area contributed by atoms with Gasteiger partial charge in [0.15, 0.2) is 0 Å². The molecule has 1 N–H and O–H groups in total. The standard InChI is InChI=1S/C16H31N3O2/c1-3-16(6-4-7-17-14-16)15(20)19-9-5-8-18(10-11-19)12-13-21-2/h17H,3-14H2,1-2H3. The van der Waals surface area contributed by atoms with E-state index in [2.05, 4.69) is 22.0 Å². The van der Waals surface area contributed by atoms with Crippen LogP contribution in [0.5, 0.6) is 0 Å². The van der Waals surface area contributed by atoms with Crippen molar-refractivity contribution < 1.29 is 9.53 Å². The number of nitrogens with one attached hydrogen (secondary N) is 1. The van der Waals surface area contributed by atoms with Gasteiger partial charge >= 0.3 is 0 Å². The maximum atomic E-state index is 13.0. The summed E-state index contributed by atoms with van der Waals surface area (Å²) in [5, 5.41) is 3.42. The number of ether oxygens (including phenoxy) is 1. The summed E-state index contributed by atoms with van der Waals surface area (Å²) in [5.74, 6) is 0.380. The molecule has 2 aliphatic rings. The maximum Gasteiger partial charge on any atom is 0.230 e. The van der Waals surface area contributed by atoms with Crippen LogP contribution in [0.15, 0.2) is 0 Å². The molecule has 2 aliphatic heterocycles. The summed E-state index contributed by atoms with van der Waals surface area (Å²) in [6, 6.07) is 0. The zero-order chi connectivity index (χ0) is 15.1. The Bertz CT molecular complexity index is 329. The van der Waals surface area contributed by atoms with E-state index in [1.807, 2.05) is 0 Å². The highest BCUT2D eigenvalue weighted by Crippen LogP contribution is 2.32. The lowest BCUT2D eigenvalue weighted by atomic mass is 9.77. The molecular weight excluding hydrogens is 266 g/mol. The fourth-order valence-corrected chi connectivity index (χ4v) is 3.56. The minimum absolute atomic E-state index is 0.153. The van der Waals surface area contributed by atoms with E-state index in [9.17, 15) is 4.79 Å². The first-order valence-corrected chi connectivity index (χ1v) is 8.43. The van der Waals surface area contributed by atoms with E-state index in [-0.39, 0.29) is 5.41 Å². The van der Waals surface area contributed by atoms with Crippen LogP contribution in [-0.2, 0) is 9.53 Å². The van der Waals surface area contributed by atoms with Gasteiger partial charge in [-0.3, -0.25) is 9.69 Å². The van der Waals surface area contributed by atoms with Gasteiger partial charge in [0.1, 0.15) is 0 Å². The van der Waals surface area contributed by atoms with Crippen LogP contribution in [0.4, 0.5) is 0 Å². The molecule has 0 radical (unpaired) electrons. The first-order chi connectivity index (χ1) is 10.2. The van der Waals surface area contributed by atoms with Crippen molar-refractivity contribution in [3.05, 3.63) is 0 Å². The zero-order valence-corrected chi connectivity index (χ0v) is 13.7. The lowest BCUT2D eigenvalue weighted by Crippen LogP contribution is -2.52. The van der Waals surface area contributed by atoms with Crippen molar-refractivity contribution in [2.75, 3.05) is 59.5 Å². The van der Waals surface area contributed by atoms with Gasteiger partial charge in [0, 0.05) is 39.8 Å². The predicted molar refractivity (Wildman–Crippen MR) is 84.3 cm³/mol. The number of hydrogen-bond donors (Lipinski definition) is 1. The third-order valence-electron chi connectivity index (χ3n) is 5.09. The zero-order valence-electron chi connectivity index (χ0n) is 13.7. The maximum absolute atomic E-state index is 13.0. The normalized spacial score (nSPS) is 28.4. The highest BCUT2D eigenvalue weighted by molar-refractivity contribution is 5.83. The van der Waals surface area contributed by atoms with Gasteiger partial charge in [-0.15, -0.1) is 0 Å². The van der Waals surface area contributed by atoms with Crippen molar-refractivity contribution in [3.8, 4) is 0 Å². The molecule has 0 aromatic rings. The molecule has 1 atom stereocenters. The number of amides is 1. The van der Waals surface area contributed by atoms with E-state index in [4.69, 9.17) is 4.74 Å². The van der Waals surface area contributed by atoms with Gasteiger partial charge in [0.25, 0.3) is 0 Å². The summed E-state index contributed by atoms with van der Waals surface area (Å²) in [6.45, 7) is 9.64. The first kappa shape index (κ1) is 16.7. The third kappa shape index (κ3) is 4.18. The van der Waals surface area contributed by atoms with Crippen LogP contribution in [0, 0.1) is 5.41 Å². The lowest BCUT2D eigenvalue weighted by molar-refractivity contribution is -0.143. The highest BCUT2D eigenvalue weighted by Gasteiger charge is 2.40. The molecule has 5 heteroatoms. The quantitative estimate of drug-likeness (QED) is 0.820. The highest BCUT2D eigenvalue weighted by atomic mass is 16.5. The fourth-order valence-electron chi connectivity index (χ4n) is 3.56. The molecule has 2 fully saturated rings. The summed E-state index contributed by atoms with van der Waals surface area (Å²) in [6.07, 6.45) is 4.18. The molecule has 0 saturated carbocycles. The molecule has 2 heterocycles. The molecule has 2 saturated heterocycles. The largest absolute Gasteiger partial charge is 0.383 e. The summed E-state index contributed by atoms with van der Waals surface area (Å²) in [4.78, 5) is 17.5.